The van der Waals surface area contributed by atoms with Gasteiger partial charge in [0, 0.05) is 23.6 Å². The first-order chi connectivity index (χ1) is 11.2. The number of ether oxygens (including phenoxy) is 1. The number of carbonyl (C=O) groups is 1. The largest absolute Gasteiger partial charge is 0.489 e. The lowest BCUT2D eigenvalue weighted by Crippen LogP contribution is -2.10. The number of hydrogen-bond acceptors (Lipinski definition) is 4. The van der Waals surface area contributed by atoms with Crippen molar-refractivity contribution in [3.05, 3.63) is 76.2 Å². The van der Waals surface area contributed by atoms with Crippen LogP contribution in [-0.2, 0) is 6.61 Å². The highest BCUT2D eigenvalue weighted by Crippen LogP contribution is 2.19. The second-order valence-corrected chi connectivity index (χ2v) is 6.02. The Kier molecular flexibility index (Phi) is 4.68. The molecule has 23 heavy (non-hydrogen) atoms. The first-order valence-electron chi connectivity index (χ1n) is 7.19. The molecular weight excluding hydrogens is 308 g/mol. The maximum Gasteiger partial charge on any atom is 0.265 e. The molecule has 1 aromatic carbocycles. The molecule has 0 fully saturated rings. The van der Waals surface area contributed by atoms with Gasteiger partial charge in [0.05, 0.1) is 4.88 Å². The molecule has 3 rings (SSSR count). The van der Waals surface area contributed by atoms with Gasteiger partial charge in [-0.15, -0.1) is 11.3 Å². The van der Waals surface area contributed by atoms with Crippen molar-refractivity contribution in [3.63, 3.8) is 0 Å². The molecule has 0 spiro atoms. The summed E-state index contributed by atoms with van der Waals surface area (Å²) in [6, 6.07) is 13.3. The van der Waals surface area contributed by atoms with E-state index in [2.05, 4.69) is 10.3 Å². The van der Waals surface area contributed by atoms with Crippen LogP contribution in [-0.4, -0.2) is 10.9 Å². The van der Waals surface area contributed by atoms with Crippen LogP contribution in [0.15, 0.2) is 60.2 Å². The van der Waals surface area contributed by atoms with E-state index in [0.717, 1.165) is 17.0 Å². The van der Waals surface area contributed by atoms with E-state index >= 15 is 0 Å². The van der Waals surface area contributed by atoms with E-state index in [4.69, 9.17) is 4.74 Å². The molecule has 0 radical (unpaired) electrons. The number of hydrogen-bond donors (Lipinski definition) is 1. The van der Waals surface area contributed by atoms with Gasteiger partial charge >= 0.3 is 0 Å². The third-order valence-corrected chi connectivity index (χ3v) is 4.22. The second kappa shape index (κ2) is 7.07. The number of aryl methyl sites for hydroxylation is 1. The zero-order valence-corrected chi connectivity index (χ0v) is 13.5. The van der Waals surface area contributed by atoms with E-state index in [9.17, 15) is 4.79 Å². The highest BCUT2D eigenvalue weighted by molar-refractivity contribution is 7.12. The molecule has 1 amide bonds. The number of benzene rings is 1. The summed E-state index contributed by atoms with van der Waals surface area (Å²) in [4.78, 5) is 16.8. The smallest absolute Gasteiger partial charge is 0.265 e. The van der Waals surface area contributed by atoms with Gasteiger partial charge in [-0.25, -0.2) is 0 Å². The SMILES string of the molecule is Cc1ccc(OCc2csc(C(=O)Nc3ccncc3)c2)cc1. The van der Waals surface area contributed by atoms with Gasteiger partial charge in [0.25, 0.3) is 5.91 Å². The summed E-state index contributed by atoms with van der Waals surface area (Å²) in [5, 5.41) is 4.78. The zero-order chi connectivity index (χ0) is 16.1. The monoisotopic (exact) mass is 324 g/mol. The molecule has 0 atom stereocenters. The molecule has 0 saturated heterocycles. The molecule has 0 bridgehead atoms. The van der Waals surface area contributed by atoms with Crippen molar-refractivity contribution < 1.29 is 9.53 Å². The molecule has 0 saturated carbocycles. The quantitative estimate of drug-likeness (QED) is 0.762. The fraction of sp³-hybridized carbons (Fsp3) is 0.111. The number of nitrogens with one attached hydrogen (secondary N) is 1. The van der Waals surface area contributed by atoms with Crippen molar-refractivity contribution in [2.75, 3.05) is 5.32 Å². The minimum Gasteiger partial charge on any atom is -0.489 e. The van der Waals surface area contributed by atoms with Crippen molar-refractivity contribution in [2.24, 2.45) is 0 Å². The third kappa shape index (κ3) is 4.17. The molecule has 2 heterocycles. The number of nitrogens with zero attached hydrogens (tertiary/aromatic N) is 1. The number of pyridine rings is 1. The molecule has 5 heteroatoms. The minimum absolute atomic E-state index is 0.122. The average molecular weight is 324 g/mol. The van der Waals surface area contributed by atoms with Gasteiger partial charge in [-0.05, 0) is 42.6 Å². The average Bonchev–Trinajstić information content (AvgIpc) is 3.04. The molecule has 3 aromatic rings. The lowest BCUT2D eigenvalue weighted by atomic mass is 10.2. The van der Waals surface area contributed by atoms with E-state index in [1.807, 2.05) is 42.6 Å². The molecule has 1 N–H and O–H groups in total. The van der Waals surface area contributed by atoms with Gasteiger partial charge in [0.2, 0.25) is 0 Å². The predicted molar refractivity (Wildman–Crippen MR) is 92.0 cm³/mol. The van der Waals surface area contributed by atoms with Crippen LogP contribution in [0.1, 0.15) is 20.8 Å². The summed E-state index contributed by atoms with van der Waals surface area (Å²) in [6.07, 6.45) is 3.29. The Balaban J connectivity index is 1.59. The van der Waals surface area contributed by atoms with Crippen molar-refractivity contribution in [2.45, 2.75) is 13.5 Å². The van der Waals surface area contributed by atoms with Crippen LogP contribution in [0.2, 0.25) is 0 Å². The predicted octanol–water partition coefficient (Wildman–Crippen LogP) is 4.28. The fourth-order valence-corrected chi connectivity index (χ4v) is 2.79. The standard InChI is InChI=1S/C18H16N2O2S/c1-13-2-4-16(5-3-13)22-11-14-10-17(23-12-14)18(21)20-15-6-8-19-9-7-15/h2-10,12H,11H2,1H3,(H,19,20,21). The van der Waals surface area contributed by atoms with Crippen molar-refractivity contribution in [1.29, 1.82) is 0 Å². The normalized spacial score (nSPS) is 10.3. The number of rotatable bonds is 5. The van der Waals surface area contributed by atoms with Crippen LogP contribution in [0.5, 0.6) is 5.75 Å². The Hall–Kier alpha value is -2.66. The Morgan fingerprint density at radius 1 is 1.17 bits per heavy atom. The summed E-state index contributed by atoms with van der Waals surface area (Å²) in [5.41, 5.74) is 2.91. The van der Waals surface area contributed by atoms with E-state index in [0.29, 0.717) is 11.5 Å². The molecule has 0 aliphatic heterocycles. The third-order valence-electron chi connectivity index (χ3n) is 3.24. The highest BCUT2D eigenvalue weighted by atomic mass is 32.1. The summed E-state index contributed by atoms with van der Waals surface area (Å²) < 4.78 is 5.73. The molecule has 116 valence electrons. The van der Waals surface area contributed by atoms with Crippen molar-refractivity contribution >= 4 is 22.9 Å². The lowest BCUT2D eigenvalue weighted by molar-refractivity contribution is 0.103. The molecular formula is C18H16N2O2S. The fourth-order valence-electron chi connectivity index (χ4n) is 2.00. The van der Waals surface area contributed by atoms with Gasteiger partial charge in [0.1, 0.15) is 12.4 Å². The zero-order valence-electron chi connectivity index (χ0n) is 12.7. The maximum absolute atomic E-state index is 12.2. The number of aromatic nitrogens is 1. The van der Waals surface area contributed by atoms with Crippen LogP contribution in [0, 0.1) is 6.92 Å². The van der Waals surface area contributed by atoms with Gasteiger partial charge in [-0.3, -0.25) is 9.78 Å². The van der Waals surface area contributed by atoms with Crippen LogP contribution in [0.25, 0.3) is 0 Å². The Morgan fingerprint density at radius 2 is 1.91 bits per heavy atom. The molecule has 0 unspecified atom stereocenters. The first-order valence-corrected chi connectivity index (χ1v) is 8.07. The van der Waals surface area contributed by atoms with E-state index in [-0.39, 0.29) is 5.91 Å². The van der Waals surface area contributed by atoms with Crippen LogP contribution < -0.4 is 10.1 Å². The van der Waals surface area contributed by atoms with Crippen LogP contribution in [0.4, 0.5) is 5.69 Å². The van der Waals surface area contributed by atoms with Gasteiger partial charge in [0.15, 0.2) is 0 Å². The molecule has 4 nitrogen and oxygen atoms in total. The summed E-state index contributed by atoms with van der Waals surface area (Å²) in [6.45, 7) is 2.48. The molecule has 0 aliphatic carbocycles. The summed E-state index contributed by atoms with van der Waals surface area (Å²) in [7, 11) is 0. The second-order valence-electron chi connectivity index (χ2n) is 5.11. The number of carbonyl (C=O) groups excluding carboxylic acids is 1. The van der Waals surface area contributed by atoms with E-state index in [1.54, 1.807) is 24.5 Å². The number of anilines is 1. The first kappa shape index (κ1) is 15.2. The topological polar surface area (TPSA) is 51.2 Å². The van der Waals surface area contributed by atoms with Crippen LogP contribution >= 0.6 is 11.3 Å². The Bertz CT molecular complexity index is 782. The summed E-state index contributed by atoms with van der Waals surface area (Å²) in [5.74, 6) is 0.701. The van der Waals surface area contributed by atoms with Crippen LogP contribution in [0.3, 0.4) is 0 Å². The van der Waals surface area contributed by atoms with Gasteiger partial charge in [-0.2, -0.15) is 0 Å². The van der Waals surface area contributed by atoms with E-state index in [1.165, 1.54) is 16.9 Å². The maximum atomic E-state index is 12.2. The Morgan fingerprint density at radius 3 is 2.65 bits per heavy atom. The minimum atomic E-state index is -0.122. The van der Waals surface area contributed by atoms with Crippen molar-refractivity contribution in [1.82, 2.24) is 4.98 Å². The lowest BCUT2D eigenvalue weighted by Gasteiger charge is -2.04. The molecule has 2 aromatic heterocycles. The highest BCUT2D eigenvalue weighted by Gasteiger charge is 2.10. The molecule has 0 aliphatic rings. The summed E-state index contributed by atoms with van der Waals surface area (Å²) >= 11 is 1.41. The van der Waals surface area contributed by atoms with Gasteiger partial charge < -0.3 is 10.1 Å². The number of amides is 1. The Labute approximate surface area is 138 Å². The number of thiophene rings is 1. The van der Waals surface area contributed by atoms with Crippen molar-refractivity contribution in [3.8, 4) is 5.75 Å². The van der Waals surface area contributed by atoms with E-state index < -0.39 is 0 Å². The van der Waals surface area contributed by atoms with Gasteiger partial charge in [-0.1, -0.05) is 17.7 Å².